The maximum atomic E-state index is 11.2. The number of ether oxygens (including phenoxy) is 2. The molecule has 94 valence electrons. The summed E-state index contributed by atoms with van der Waals surface area (Å²) < 4.78 is 11.0. The minimum Gasteiger partial charge on any atom is -0.490 e. The van der Waals surface area contributed by atoms with E-state index in [1.165, 1.54) is 7.11 Å². The number of carbonyl (C=O) groups excluding carboxylic acids is 1. The van der Waals surface area contributed by atoms with Gasteiger partial charge < -0.3 is 9.47 Å². The van der Waals surface area contributed by atoms with E-state index in [0.29, 0.717) is 17.9 Å². The fourth-order valence-corrected chi connectivity index (χ4v) is 1.45. The fourth-order valence-electron chi connectivity index (χ4n) is 1.31. The molecule has 0 fully saturated rings. The molecule has 0 saturated heterocycles. The molecule has 17 heavy (non-hydrogen) atoms. The lowest BCUT2D eigenvalue weighted by atomic mass is 10.2. The highest BCUT2D eigenvalue weighted by Crippen LogP contribution is 2.05. The number of aryl methyl sites for hydroxylation is 2. The van der Waals surface area contributed by atoms with Gasteiger partial charge in [-0.2, -0.15) is 0 Å². The van der Waals surface area contributed by atoms with Gasteiger partial charge in [-0.1, -0.05) is 0 Å². The molecule has 7 heteroatoms. The van der Waals surface area contributed by atoms with Crippen molar-refractivity contribution in [3.8, 4) is 0 Å². The molecular weight excluding hydrogens is 242 g/mol. The van der Waals surface area contributed by atoms with Crippen molar-refractivity contribution in [2.24, 2.45) is 7.05 Å². The SMILES string of the molecule is COC(=O)c1nc(CCCC(=S)OC)n(C)n1. The third-order valence-corrected chi connectivity index (χ3v) is 2.60. The first-order valence-corrected chi connectivity index (χ1v) is 5.54. The van der Waals surface area contributed by atoms with Crippen molar-refractivity contribution in [3.05, 3.63) is 11.6 Å². The minimum absolute atomic E-state index is 0.0827. The number of hydrogen-bond donors (Lipinski definition) is 0. The van der Waals surface area contributed by atoms with Crippen LogP contribution < -0.4 is 0 Å². The smallest absolute Gasteiger partial charge is 0.377 e. The summed E-state index contributed by atoms with van der Waals surface area (Å²) >= 11 is 4.93. The predicted octanol–water partition coefficient (Wildman–Crippen LogP) is 0.898. The van der Waals surface area contributed by atoms with Crippen LogP contribution in [-0.2, 0) is 22.9 Å². The van der Waals surface area contributed by atoms with Crippen molar-refractivity contribution in [1.29, 1.82) is 0 Å². The van der Waals surface area contributed by atoms with Gasteiger partial charge in [0.25, 0.3) is 5.82 Å². The summed E-state index contributed by atoms with van der Waals surface area (Å²) in [5.74, 6) is 0.280. The highest BCUT2D eigenvalue weighted by Gasteiger charge is 2.14. The summed E-state index contributed by atoms with van der Waals surface area (Å²) in [5.41, 5.74) is 0. The van der Waals surface area contributed by atoms with Gasteiger partial charge >= 0.3 is 5.97 Å². The largest absolute Gasteiger partial charge is 0.490 e. The molecule has 0 amide bonds. The zero-order chi connectivity index (χ0) is 12.8. The van der Waals surface area contributed by atoms with Gasteiger partial charge in [0.15, 0.2) is 5.05 Å². The van der Waals surface area contributed by atoms with Crippen molar-refractivity contribution < 1.29 is 14.3 Å². The van der Waals surface area contributed by atoms with Crippen molar-refractivity contribution in [3.63, 3.8) is 0 Å². The Hall–Kier alpha value is -1.50. The first-order chi connectivity index (χ1) is 8.08. The average molecular weight is 257 g/mol. The summed E-state index contributed by atoms with van der Waals surface area (Å²) in [4.78, 5) is 15.3. The Balaban J connectivity index is 2.57. The van der Waals surface area contributed by atoms with Gasteiger partial charge in [0.1, 0.15) is 5.82 Å². The number of rotatable bonds is 5. The lowest BCUT2D eigenvalue weighted by Crippen LogP contribution is -2.04. The van der Waals surface area contributed by atoms with E-state index >= 15 is 0 Å². The van der Waals surface area contributed by atoms with E-state index in [1.807, 2.05) is 0 Å². The standard InChI is InChI=1S/C10H15N3O3S/c1-13-7(5-4-6-8(17)15-2)11-9(12-13)10(14)16-3/h4-6H2,1-3H3. The molecule has 0 bridgehead atoms. The lowest BCUT2D eigenvalue weighted by molar-refractivity contribution is 0.0586. The highest BCUT2D eigenvalue weighted by atomic mass is 32.1. The Labute approximate surface area is 105 Å². The second kappa shape index (κ2) is 6.29. The van der Waals surface area contributed by atoms with Gasteiger partial charge in [0.2, 0.25) is 0 Å². The van der Waals surface area contributed by atoms with Crippen molar-refractivity contribution in [1.82, 2.24) is 14.8 Å². The third-order valence-electron chi connectivity index (χ3n) is 2.23. The van der Waals surface area contributed by atoms with Gasteiger partial charge in [-0.25, -0.2) is 9.78 Å². The second-order valence-corrected chi connectivity index (χ2v) is 3.85. The Morgan fingerprint density at radius 2 is 2.12 bits per heavy atom. The molecule has 0 radical (unpaired) electrons. The molecule has 6 nitrogen and oxygen atoms in total. The van der Waals surface area contributed by atoms with Crippen LogP contribution in [-0.4, -0.2) is 40.0 Å². The van der Waals surface area contributed by atoms with Crippen LogP contribution in [0.3, 0.4) is 0 Å². The Kier molecular flexibility index (Phi) is 5.02. The maximum Gasteiger partial charge on any atom is 0.377 e. The second-order valence-electron chi connectivity index (χ2n) is 3.40. The van der Waals surface area contributed by atoms with Crippen molar-refractivity contribution >= 4 is 23.2 Å². The van der Waals surface area contributed by atoms with Crippen LogP contribution >= 0.6 is 12.2 Å². The molecule has 0 unspecified atom stereocenters. The summed E-state index contributed by atoms with van der Waals surface area (Å²) in [6, 6.07) is 0. The van der Waals surface area contributed by atoms with Crippen molar-refractivity contribution in [2.75, 3.05) is 14.2 Å². The van der Waals surface area contributed by atoms with Crippen LogP contribution in [0.15, 0.2) is 0 Å². The molecule has 0 aliphatic rings. The van der Waals surface area contributed by atoms with Gasteiger partial charge in [-0.3, -0.25) is 4.68 Å². The molecule has 0 spiro atoms. The number of hydrogen-bond acceptors (Lipinski definition) is 6. The van der Waals surface area contributed by atoms with E-state index in [1.54, 1.807) is 18.8 Å². The molecule has 0 saturated carbocycles. The molecule has 1 rings (SSSR count). The van der Waals surface area contributed by atoms with Crippen LogP contribution in [0.5, 0.6) is 0 Å². The molecule has 0 atom stereocenters. The van der Waals surface area contributed by atoms with Crippen LogP contribution in [0.2, 0.25) is 0 Å². The first kappa shape index (κ1) is 13.6. The van der Waals surface area contributed by atoms with E-state index < -0.39 is 5.97 Å². The fraction of sp³-hybridized carbons (Fsp3) is 0.600. The summed E-state index contributed by atoms with van der Waals surface area (Å²) in [6.07, 6.45) is 2.18. The number of thiocarbonyl (C=S) groups is 1. The van der Waals surface area contributed by atoms with E-state index in [4.69, 9.17) is 17.0 Å². The highest BCUT2D eigenvalue weighted by molar-refractivity contribution is 7.80. The molecule has 1 heterocycles. The zero-order valence-corrected chi connectivity index (χ0v) is 10.9. The number of aromatic nitrogens is 3. The summed E-state index contributed by atoms with van der Waals surface area (Å²) in [5, 5.41) is 4.54. The van der Waals surface area contributed by atoms with Crippen molar-refractivity contribution in [2.45, 2.75) is 19.3 Å². The maximum absolute atomic E-state index is 11.2. The van der Waals surface area contributed by atoms with Crippen LogP contribution in [0.1, 0.15) is 29.3 Å². The molecule has 0 aliphatic carbocycles. The van der Waals surface area contributed by atoms with Crippen LogP contribution in [0.25, 0.3) is 0 Å². The molecule has 0 aliphatic heterocycles. The minimum atomic E-state index is -0.528. The Morgan fingerprint density at radius 3 is 2.71 bits per heavy atom. The topological polar surface area (TPSA) is 66.2 Å². The molecular formula is C10H15N3O3S. The molecule has 0 aromatic carbocycles. The van der Waals surface area contributed by atoms with Gasteiger partial charge in [-0.05, 0) is 18.6 Å². The summed E-state index contributed by atoms with van der Waals surface area (Å²) in [7, 11) is 4.60. The van der Waals surface area contributed by atoms with E-state index in [9.17, 15) is 4.79 Å². The number of carbonyl (C=O) groups is 1. The lowest BCUT2D eigenvalue weighted by Gasteiger charge is -2.01. The normalized spacial score (nSPS) is 10.1. The summed E-state index contributed by atoms with van der Waals surface area (Å²) in [6.45, 7) is 0. The predicted molar refractivity (Wildman–Crippen MR) is 64.9 cm³/mol. The van der Waals surface area contributed by atoms with Gasteiger partial charge in [-0.15, -0.1) is 5.10 Å². The van der Waals surface area contributed by atoms with Crippen LogP contribution in [0, 0.1) is 0 Å². The van der Waals surface area contributed by atoms with E-state index in [-0.39, 0.29) is 5.82 Å². The molecule has 1 aromatic heterocycles. The molecule has 1 aromatic rings. The van der Waals surface area contributed by atoms with E-state index in [0.717, 1.165) is 12.2 Å². The molecule has 0 N–H and O–H groups in total. The first-order valence-electron chi connectivity index (χ1n) is 5.13. The number of nitrogens with zero attached hydrogens (tertiary/aromatic N) is 3. The Bertz CT molecular complexity index is 417. The quantitative estimate of drug-likeness (QED) is 0.576. The number of methoxy groups -OCH3 is 2. The average Bonchev–Trinajstić information content (AvgIpc) is 2.69. The van der Waals surface area contributed by atoms with Gasteiger partial charge in [0, 0.05) is 19.9 Å². The van der Waals surface area contributed by atoms with Gasteiger partial charge in [0.05, 0.1) is 14.2 Å². The zero-order valence-electron chi connectivity index (χ0n) is 10.1. The third kappa shape index (κ3) is 3.77. The monoisotopic (exact) mass is 257 g/mol. The van der Waals surface area contributed by atoms with E-state index in [2.05, 4.69) is 14.8 Å². The van der Waals surface area contributed by atoms with Crippen LogP contribution in [0.4, 0.5) is 0 Å². The number of esters is 1. The Morgan fingerprint density at radius 1 is 1.41 bits per heavy atom.